The first-order chi connectivity index (χ1) is 14.2. The van der Waals surface area contributed by atoms with Gasteiger partial charge in [-0.2, -0.15) is 0 Å². The molecular weight excluding hydrogens is 408 g/mol. The zero-order valence-corrected chi connectivity index (χ0v) is 17.2. The van der Waals surface area contributed by atoms with Gasteiger partial charge in [0.1, 0.15) is 17.3 Å². The van der Waals surface area contributed by atoms with Gasteiger partial charge in [0.2, 0.25) is 11.1 Å². The molecule has 0 fully saturated rings. The third-order valence-electron chi connectivity index (χ3n) is 3.98. The minimum atomic E-state index is -0.0789. The Bertz CT molecular complexity index is 1070. The van der Waals surface area contributed by atoms with E-state index < -0.39 is 0 Å². The first-order valence-corrected chi connectivity index (χ1v) is 10.7. The number of carbonyl (C=O) groups is 1. The molecule has 0 saturated carbocycles. The van der Waals surface area contributed by atoms with E-state index in [4.69, 9.17) is 4.42 Å². The molecular formula is C19H18N6O2S2. The minimum absolute atomic E-state index is 0.0789. The van der Waals surface area contributed by atoms with Crippen LogP contribution < -0.4 is 5.32 Å². The van der Waals surface area contributed by atoms with Crippen molar-refractivity contribution in [3.05, 3.63) is 70.1 Å². The van der Waals surface area contributed by atoms with Crippen molar-refractivity contribution >= 4 is 34.7 Å². The summed E-state index contributed by atoms with van der Waals surface area (Å²) in [5.74, 6) is 1.33. The molecule has 0 saturated heterocycles. The molecule has 148 valence electrons. The molecule has 0 bridgehead atoms. The summed E-state index contributed by atoms with van der Waals surface area (Å²) in [5.41, 5.74) is 2.84. The number of furan rings is 1. The van der Waals surface area contributed by atoms with Gasteiger partial charge in [-0.25, -0.2) is 9.67 Å². The lowest BCUT2D eigenvalue weighted by molar-refractivity contribution is -0.115. The maximum absolute atomic E-state index is 12.2. The first-order valence-electron chi connectivity index (χ1n) is 8.87. The third kappa shape index (κ3) is 5.30. The number of nitrogens with zero attached hydrogens (tertiary/aromatic N) is 5. The van der Waals surface area contributed by atoms with Gasteiger partial charge in [0.15, 0.2) is 0 Å². The maximum atomic E-state index is 12.2. The fourth-order valence-corrected chi connectivity index (χ4v) is 4.23. The second kappa shape index (κ2) is 9.01. The molecule has 0 spiro atoms. The highest BCUT2D eigenvalue weighted by Crippen LogP contribution is 2.22. The van der Waals surface area contributed by atoms with E-state index in [1.54, 1.807) is 10.9 Å². The molecule has 3 aromatic heterocycles. The van der Waals surface area contributed by atoms with Crippen LogP contribution in [-0.4, -0.2) is 31.1 Å². The third-order valence-corrected chi connectivity index (χ3v) is 5.87. The molecule has 29 heavy (non-hydrogen) atoms. The number of aromatic nitrogens is 5. The molecule has 0 aliphatic heterocycles. The van der Waals surface area contributed by atoms with Crippen molar-refractivity contribution in [2.24, 2.45) is 0 Å². The van der Waals surface area contributed by atoms with Gasteiger partial charge in [-0.3, -0.25) is 4.79 Å². The molecule has 0 atom stereocenters. The second-order valence-corrected chi connectivity index (χ2v) is 8.20. The summed E-state index contributed by atoms with van der Waals surface area (Å²) < 4.78 is 7.03. The molecule has 4 aromatic rings. The molecule has 0 aliphatic carbocycles. The van der Waals surface area contributed by atoms with Crippen LogP contribution in [0.5, 0.6) is 0 Å². The molecule has 1 amide bonds. The van der Waals surface area contributed by atoms with E-state index in [-0.39, 0.29) is 12.3 Å². The van der Waals surface area contributed by atoms with Crippen molar-refractivity contribution in [2.75, 3.05) is 5.32 Å². The molecule has 0 unspecified atom stereocenters. The Labute approximate surface area is 175 Å². The number of amides is 1. The van der Waals surface area contributed by atoms with Gasteiger partial charge in [0.05, 0.1) is 18.4 Å². The van der Waals surface area contributed by atoms with Crippen LogP contribution in [0.3, 0.4) is 0 Å². The summed E-state index contributed by atoms with van der Waals surface area (Å²) in [7, 11) is 0. The van der Waals surface area contributed by atoms with Crippen molar-refractivity contribution in [1.29, 1.82) is 0 Å². The Kier molecular flexibility index (Phi) is 6.01. The topological polar surface area (TPSA) is 98.7 Å². The number of thiazole rings is 1. The lowest BCUT2D eigenvalue weighted by atomic mass is 10.2. The van der Waals surface area contributed by atoms with Gasteiger partial charge >= 0.3 is 0 Å². The highest BCUT2D eigenvalue weighted by Gasteiger charge is 2.12. The van der Waals surface area contributed by atoms with Crippen molar-refractivity contribution < 1.29 is 9.21 Å². The molecule has 0 aliphatic rings. The lowest BCUT2D eigenvalue weighted by Crippen LogP contribution is -2.14. The molecule has 8 nitrogen and oxygen atoms in total. The average molecular weight is 427 g/mol. The fraction of sp³-hybridized carbons (Fsp3) is 0.211. The number of benzene rings is 1. The first kappa shape index (κ1) is 19.3. The summed E-state index contributed by atoms with van der Waals surface area (Å²) in [4.78, 5) is 16.8. The second-order valence-electron chi connectivity index (χ2n) is 6.31. The zero-order chi connectivity index (χ0) is 20.1. The lowest BCUT2D eigenvalue weighted by Gasteiger charge is -2.04. The monoisotopic (exact) mass is 426 g/mol. The van der Waals surface area contributed by atoms with Crippen LogP contribution in [-0.2, 0) is 23.5 Å². The number of hydrogen-bond donors (Lipinski definition) is 1. The summed E-state index contributed by atoms with van der Waals surface area (Å²) in [6.07, 6.45) is 1.87. The zero-order valence-electron chi connectivity index (χ0n) is 15.6. The van der Waals surface area contributed by atoms with Gasteiger partial charge in [-0.1, -0.05) is 29.5 Å². The van der Waals surface area contributed by atoms with Gasteiger partial charge in [-0.05, 0) is 41.6 Å². The Balaban J connectivity index is 1.30. The number of nitrogens with one attached hydrogen (secondary N) is 1. The number of rotatable bonds is 8. The fourth-order valence-electron chi connectivity index (χ4n) is 2.56. The predicted molar refractivity (Wildman–Crippen MR) is 111 cm³/mol. The number of thioether (sulfide) groups is 1. The number of carbonyl (C=O) groups excluding carboxylic acids is 1. The SMILES string of the molecule is Cc1ccc(NC(=O)Cc2nc(CSc3nnnn3Cc3ccco3)cs2)cc1. The highest BCUT2D eigenvalue weighted by molar-refractivity contribution is 7.98. The van der Waals surface area contributed by atoms with E-state index in [0.717, 1.165) is 27.7 Å². The molecule has 10 heteroatoms. The molecule has 3 heterocycles. The Morgan fingerprint density at radius 1 is 1.28 bits per heavy atom. The van der Waals surface area contributed by atoms with Gasteiger partial charge in [-0.15, -0.1) is 16.4 Å². The average Bonchev–Trinajstić information content (AvgIpc) is 3.45. The van der Waals surface area contributed by atoms with Crippen LogP contribution in [0.2, 0.25) is 0 Å². The molecule has 0 radical (unpaired) electrons. The normalized spacial score (nSPS) is 10.9. The summed E-state index contributed by atoms with van der Waals surface area (Å²) in [6, 6.07) is 11.4. The molecule has 1 aromatic carbocycles. The number of anilines is 1. The Morgan fingerprint density at radius 3 is 2.93 bits per heavy atom. The van der Waals surface area contributed by atoms with Crippen molar-refractivity contribution in [3.8, 4) is 0 Å². The summed E-state index contributed by atoms with van der Waals surface area (Å²) in [5, 5.41) is 18.1. The Morgan fingerprint density at radius 2 is 2.14 bits per heavy atom. The smallest absolute Gasteiger partial charge is 0.231 e. The van der Waals surface area contributed by atoms with E-state index in [1.165, 1.54) is 23.1 Å². The minimum Gasteiger partial charge on any atom is -0.467 e. The summed E-state index contributed by atoms with van der Waals surface area (Å²) >= 11 is 2.97. The predicted octanol–water partition coefficient (Wildman–Crippen LogP) is 3.55. The highest BCUT2D eigenvalue weighted by atomic mass is 32.2. The van der Waals surface area contributed by atoms with Crippen LogP contribution in [0, 0.1) is 6.92 Å². The van der Waals surface area contributed by atoms with E-state index >= 15 is 0 Å². The van der Waals surface area contributed by atoms with E-state index in [9.17, 15) is 4.79 Å². The van der Waals surface area contributed by atoms with Crippen molar-refractivity contribution in [3.63, 3.8) is 0 Å². The number of hydrogen-bond acceptors (Lipinski definition) is 8. The van der Waals surface area contributed by atoms with Gasteiger partial charge in [0, 0.05) is 16.8 Å². The van der Waals surface area contributed by atoms with Crippen LogP contribution in [0.15, 0.2) is 57.6 Å². The molecule has 1 N–H and O–H groups in total. The van der Waals surface area contributed by atoms with Crippen LogP contribution in [0.25, 0.3) is 0 Å². The standard InChI is InChI=1S/C19H18N6O2S2/c1-13-4-6-14(7-5-13)20-17(26)9-18-21-15(11-28-18)12-29-19-22-23-24-25(19)10-16-3-2-8-27-16/h2-8,11H,9-10,12H2,1H3,(H,20,26). The van der Waals surface area contributed by atoms with E-state index in [2.05, 4.69) is 25.8 Å². The molecule has 4 rings (SSSR count). The van der Waals surface area contributed by atoms with Crippen LogP contribution in [0.1, 0.15) is 22.0 Å². The number of aryl methyl sites for hydroxylation is 1. The Hall–Kier alpha value is -2.98. The number of tetrazole rings is 1. The largest absolute Gasteiger partial charge is 0.467 e. The maximum Gasteiger partial charge on any atom is 0.231 e. The van der Waals surface area contributed by atoms with Crippen LogP contribution >= 0.6 is 23.1 Å². The van der Waals surface area contributed by atoms with E-state index in [1.807, 2.05) is 48.7 Å². The van der Waals surface area contributed by atoms with Gasteiger partial charge < -0.3 is 9.73 Å². The summed E-state index contributed by atoms with van der Waals surface area (Å²) in [6.45, 7) is 2.49. The van der Waals surface area contributed by atoms with Crippen molar-refractivity contribution in [1.82, 2.24) is 25.2 Å². The van der Waals surface area contributed by atoms with Gasteiger partial charge in [0.25, 0.3) is 0 Å². The van der Waals surface area contributed by atoms with Crippen LogP contribution in [0.4, 0.5) is 5.69 Å². The van der Waals surface area contributed by atoms with E-state index in [0.29, 0.717) is 17.5 Å². The van der Waals surface area contributed by atoms with Crippen molar-refractivity contribution in [2.45, 2.75) is 30.8 Å². The quantitative estimate of drug-likeness (QED) is 0.430.